The summed E-state index contributed by atoms with van der Waals surface area (Å²) in [6.07, 6.45) is 0. The van der Waals surface area contributed by atoms with Crippen molar-refractivity contribution >= 4 is 17.7 Å². The molecule has 0 saturated carbocycles. The first-order valence-electron chi connectivity index (χ1n) is 6.67. The zero-order chi connectivity index (χ0) is 13.7. The number of carbonyl (C=O) groups excluding carboxylic acids is 1. The van der Waals surface area contributed by atoms with Gasteiger partial charge in [-0.2, -0.15) is 11.8 Å². The topological polar surface area (TPSA) is 29.5 Å². The second kappa shape index (κ2) is 6.96. The molecule has 2 unspecified atom stereocenters. The number of benzene rings is 1. The Bertz CT molecular complexity index is 410. The summed E-state index contributed by atoms with van der Waals surface area (Å²) in [4.78, 5) is 14.4. The molecule has 2 atom stereocenters. The number of nitrogens with zero attached hydrogens (tertiary/aromatic N) is 1. The van der Waals surface area contributed by atoms with Gasteiger partial charge in [0, 0.05) is 30.6 Å². The highest BCUT2D eigenvalue weighted by Crippen LogP contribution is 2.23. The fraction of sp³-hybridized carbons (Fsp3) is 0.533. The number of rotatable bonds is 4. The third-order valence-electron chi connectivity index (χ3n) is 3.45. The Labute approximate surface area is 119 Å². The summed E-state index contributed by atoms with van der Waals surface area (Å²) in [7, 11) is 1.47. The molecule has 0 amide bonds. The van der Waals surface area contributed by atoms with Gasteiger partial charge in [-0.1, -0.05) is 37.3 Å². The molecule has 1 fully saturated rings. The molecule has 2 rings (SSSR count). The van der Waals surface area contributed by atoms with Crippen LogP contribution in [0, 0.1) is 0 Å². The van der Waals surface area contributed by atoms with Crippen LogP contribution in [0.1, 0.15) is 18.4 Å². The number of thioether (sulfide) groups is 1. The van der Waals surface area contributed by atoms with Crippen molar-refractivity contribution < 1.29 is 9.53 Å². The van der Waals surface area contributed by atoms with E-state index in [1.54, 1.807) is 0 Å². The van der Waals surface area contributed by atoms with Crippen LogP contribution in [0.5, 0.6) is 0 Å². The van der Waals surface area contributed by atoms with Gasteiger partial charge in [-0.15, -0.1) is 0 Å². The highest BCUT2D eigenvalue weighted by atomic mass is 32.2. The van der Waals surface area contributed by atoms with Gasteiger partial charge < -0.3 is 9.64 Å². The van der Waals surface area contributed by atoms with E-state index in [1.807, 2.05) is 42.1 Å². The molecule has 0 radical (unpaired) electrons. The third-order valence-corrected chi connectivity index (χ3v) is 4.59. The smallest absolute Gasteiger partial charge is 0.314 e. The molecule has 0 aromatic heterocycles. The van der Waals surface area contributed by atoms with E-state index in [2.05, 4.69) is 11.8 Å². The van der Waals surface area contributed by atoms with E-state index in [0.717, 1.165) is 31.0 Å². The average Bonchev–Trinajstić information content (AvgIpc) is 2.45. The molecule has 19 heavy (non-hydrogen) atoms. The molecule has 0 spiro atoms. The van der Waals surface area contributed by atoms with Crippen LogP contribution in [-0.2, 0) is 9.53 Å². The zero-order valence-corrected chi connectivity index (χ0v) is 12.4. The maximum absolute atomic E-state index is 12.0. The predicted molar refractivity (Wildman–Crippen MR) is 79.6 cm³/mol. The number of ether oxygens (including phenoxy) is 1. The maximum Gasteiger partial charge on any atom is 0.314 e. The first kappa shape index (κ1) is 14.4. The minimum absolute atomic E-state index is 0.142. The Hall–Kier alpha value is -1.00. The molecule has 1 aromatic carbocycles. The first-order chi connectivity index (χ1) is 9.20. The lowest BCUT2D eigenvalue weighted by Crippen LogP contribution is -2.40. The summed E-state index contributed by atoms with van der Waals surface area (Å²) in [5, 5.41) is 0.642. The third kappa shape index (κ3) is 3.98. The highest BCUT2D eigenvalue weighted by Gasteiger charge is 2.26. The van der Waals surface area contributed by atoms with E-state index in [4.69, 9.17) is 4.74 Å². The summed E-state index contributed by atoms with van der Waals surface area (Å²) >= 11 is 2.00. The molecular weight excluding hydrogens is 258 g/mol. The quantitative estimate of drug-likeness (QED) is 0.792. The Morgan fingerprint density at radius 1 is 1.47 bits per heavy atom. The number of methoxy groups -OCH3 is 1. The molecule has 1 heterocycles. The number of hydrogen-bond donors (Lipinski definition) is 0. The van der Waals surface area contributed by atoms with Crippen molar-refractivity contribution in [3.05, 3.63) is 35.9 Å². The van der Waals surface area contributed by atoms with Crippen LogP contribution >= 0.6 is 11.8 Å². The zero-order valence-electron chi connectivity index (χ0n) is 11.5. The van der Waals surface area contributed by atoms with Crippen molar-refractivity contribution in [2.75, 3.05) is 32.5 Å². The number of hydrogen-bond acceptors (Lipinski definition) is 4. The SMILES string of the molecule is COC(=O)C(CN1CCSC(C)C1)c1ccccc1. The van der Waals surface area contributed by atoms with Gasteiger partial charge in [-0.25, -0.2) is 0 Å². The van der Waals surface area contributed by atoms with Crippen molar-refractivity contribution in [1.29, 1.82) is 0 Å². The van der Waals surface area contributed by atoms with E-state index in [1.165, 1.54) is 7.11 Å². The molecule has 104 valence electrons. The van der Waals surface area contributed by atoms with Crippen molar-refractivity contribution in [1.82, 2.24) is 4.90 Å². The van der Waals surface area contributed by atoms with Gasteiger partial charge in [-0.3, -0.25) is 4.79 Å². The van der Waals surface area contributed by atoms with Crippen LogP contribution in [0.4, 0.5) is 0 Å². The van der Waals surface area contributed by atoms with E-state index in [0.29, 0.717) is 5.25 Å². The Morgan fingerprint density at radius 2 is 2.21 bits per heavy atom. The molecule has 0 N–H and O–H groups in total. The summed E-state index contributed by atoms with van der Waals surface area (Å²) in [5.41, 5.74) is 1.04. The van der Waals surface area contributed by atoms with Gasteiger partial charge in [0.05, 0.1) is 13.0 Å². The molecule has 4 heteroatoms. The minimum atomic E-state index is -0.179. The molecule has 3 nitrogen and oxygen atoms in total. The largest absolute Gasteiger partial charge is 0.469 e. The molecule has 1 aliphatic rings. The van der Waals surface area contributed by atoms with E-state index < -0.39 is 0 Å². The minimum Gasteiger partial charge on any atom is -0.469 e. The lowest BCUT2D eigenvalue weighted by molar-refractivity contribution is -0.142. The van der Waals surface area contributed by atoms with E-state index >= 15 is 0 Å². The van der Waals surface area contributed by atoms with Crippen LogP contribution in [0.15, 0.2) is 30.3 Å². The molecule has 0 bridgehead atoms. The van der Waals surface area contributed by atoms with E-state index in [-0.39, 0.29) is 11.9 Å². The first-order valence-corrected chi connectivity index (χ1v) is 7.72. The van der Waals surface area contributed by atoms with Crippen LogP contribution in [0.25, 0.3) is 0 Å². The van der Waals surface area contributed by atoms with Gasteiger partial charge in [-0.05, 0) is 5.56 Å². The fourth-order valence-corrected chi connectivity index (χ4v) is 3.54. The normalized spacial score (nSPS) is 21.9. The predicted octanol–water partition coefficient (Wildman–Crippen LogP) is 2.38. The Kier molecular flexibility index (Phi) is 5.28. The second-order valence-corrected chi connectivity index (χ2v) is 6.47. The standard InChI is InChI=1S/C15H21NO2S/c1-12-10-16(8-9-19-12)11-14(15(17)18-2)13-6-4-3-5-7-13/h3-7,12,14H,8-11H2,1-2H3. The molecule has 1 saturated heterocycles. The fourth-order valence-electron chi connectivity index (χ4n) is 2.46. The van der Waals surface area contributed by atoms with Crippen LogP contribution in [0.3, 0.4) is 0 Å². The summed E-state index contributed by atoms with van der Waals surface area (Å²) in [5.74, 6) is 0.822. The van der Waals surface area contributed by atoms with Gasteiger partial charge in [0.15, 0.2) is 0 Å². The number of esters is 1. The van der Waals surface area contributed by atoms with Gasteiger partial charge >= 0.3 is 5.97 Å². The Balaban J connectivity index is 2.08. The summed E-state index contributed by atoms with van der Waals surface area (Å²) in [6.45, 7) is 5.09. The molecule has 0 aliphatic carbocycles. The molecular formula is C15H21NO2S. The van der Waals surface area contributed by atoms with Gasteiger partial charge in [0.1, 0.15) is 0 Å². The van der Waals surface area contributed by atoms with Crippen LogP contribution in [-0.4, -0.2) is 48.6 Å². The summed E-state index contributed by atoms with van der Waals surface area (Å²) < 4.78 is 4.96. The average molecular weight is 279 g/mol. The second-order valence-electron chi connectivity index (χ2n) is 4.93. The molecule has 1 aliphatic heterocycles. The monoisotopic (exact) mass is 279 g/mol. The molecule has 1 aromatic rings. The van der Waals surface area contributed by atoms with Gasteiger partial charge in [0.2, 0.25) is 0 Å². The van der Waals surface area contributed by atoms with Crippen LogP contribution < -0.4 is 0 Å². The van der Waals surface area contributed by atoms with Crippen molar-refractivity contribution in [2.24, 2.45) is 0 Å². The highest BCUT2D eigenvalue weighted by molar-refractivity contribution is 7.99. The lowest BCUT2D eigenvalue weighted by Gasteiger charge is -2.32. The van der Waals surface area contributed by atoms with Crippen molar-refractivity contribution in [3.63, 3.8) is 0 Å². The Morgan fingerprint density at radius 3 is 2.84 bits per heavy atom. The lowest BCUT2D eigenvalue weighted by atomic mass is 9.98. The van der Waals surface area contributed by atoms with Crippen molar-refractivity contribution in [2.45, 2.75) is 18.1 Å². The van der Waals surface area contributed by atoms with Crippen LogP contribution in [0.2, 0.25) is 0 Å². The van der Waals surface area contributed by atoms with E-state index in [9.17, 15) is 4.79 Å². The van der Waals surface area contributed by atoms with Crippen molar-refractivity contribution in [3.8, 4) is 0 Å². The van der Waals surface area contributed by atoms with Gasteiger partial charge in [0.25, 0.3) is 0 Å². The maximum atomic E-state index is 12.0. The number of carbonyl (C=O) groups is 1. The summed E-state index contributed by atoms with van der Waals surface area (Å²) in [6, 6.07) is 9.92.